The van der Waals surface area contributed by atoms with Crippen LogP contribution >= 0.6 is 0 Å². The van der Waals surface area contributed by atoms with Crippen LogP contribution in [0.2, 0.25) is 0 Å². The lowest BCUT2D eigenvalue weighted by Gasteiger charge is -2.33. The molecule has 1 amide bonds. The number of nitrogens with one attached hydrogen (secondary N) is 1. The lowest BCUT2D eigenvalue weighted by atomic mass is 9.94. The van der Waals surface area contributed by atoms with Crippen LogP contribution in [0, 0.1) is 19.3 Å². The largest absolute Gasteiger partial charge is 0.496 e. The quantitative estimate of drug-likeness (QED) is 0.920. The molecule has 1 aromatic rings. The van der Waals surface area contributed by atoms with Gasteiger partial charge in [0.05, 0.1) is 12.8 Å². The Bertz CT molecular complexity index is 585. The van der Waals surface area contributed by atoms with E-state index in [9.17, 15) is 4.79 Å². The van der Waals surface area contributed by atoms with Gasteiger partial charge in [-0.25, -0.2) is 0 Å². The number of ether oxygens (including phenoxy) is 1. The molecule has 0 aromatic carbocycles. The highest BCUT2D eigenvalue weighted by molar-refractivity contribution is 5.81. The Morgan fingerprint density at radius 3 is 2.50 bits per heavy atom. The molecule has 2 rings (SSSR count). The predicted octanol–water partition coefficient (Wildman–Crippen LogP) is 2.83. The third kappa shape index (κ3) is 4.47. The standard InChI is InChI=1S/C19H31N3O2/c1-13-11-20-16(14(2)17(13)24-6)12-22-9-7-15(8-10-22)21-18(23)19(3,4)5/h11,15H,7-10,12H2,1-6H3,(H,21,23). The Kier molecular flexibility index (Phi) is 5.86. The number of methoxy groups -OCH3 is 1. The van der Waals surface area contributed by atoms with Crippen molar-refractivity contribution in [2.45, 2.75) is 60.0 Å². The van der Waals surface area contributed by atoms with Crippen molar-refractivity contribution < 1.29 is 9.53 Å². The predicted molar refractivity (Wildman–Crippen MR) is 96.2 cm³/mol. The number of rotatable bonds is 4. The summed E-state index contributed by atoms with van der Waals surface area (Å²) in [5, 5.41) is 3.18. The summed E-state index contributed by atoms with van der Waals surface area (Å²) in [7, 11) is 1.71. The molecule has 0 unspecified atom stereocenters. The first-order valence-electron chi connectivity index (χ1n) is 8.74. The molecule has 1 aliphatic rings. The molecule has 0 atom stereocenters. The van der Waals surface area contributed by atoms with Gasteiger partial charge < -0.3 is 10.1 Å². The van der Waals surface area contributed by atoms with E-state index in [1.807, 2.05) is 33.9 Å². The van der Waals surface area contributed by atoms with Crippen molar-refractivity contribution in [3.05, 3.63) is 23.0 Å². The molecule has 0 bridgehead atoms. The van der Waals surface area contributed by atoms with E-state index < -0.39 is 0 Å². The zero-order chi connectivity index (χ0) is 17.9. The van der Waals surface area contributed by atoms with E-state index in [4.69, 9.17) is 4.74 Å². The molecule has 134 valence electrons. The fourth-order valence-corrected chi connectivity index (χ4v) is 3.08. The number of aromatic nitrogens is 1. The maximum atomic E-state index is 12.1. The van der Waals surface area contributed by atoms with Crippen LogP contribution in [0.25, 0.3) is 0 Å². The van der Waals surface area contributed by atoms with E-state index >= 15 is 0 Å². The molecule has 2 heterocycles. The Hall–Kier alpha value is -1.62. The van der Waals surface area contributed by atoms with Gasteiger partial charge in [0.2, 0.25) is 5.91 Å². The summed E-state index contributed by atoms with van der Waals surface area (Å²) in [5.41, 5.74) is 2.95. The van der Waals surface area contributed by atoms with Crippen molar-refractivity contribution in [1.29, 1.82) is 0 Å². The van der Waals surface area contributed by atoms with E-state index in [1.165, 1.54) is 0 Å². The fourth-order valence-electron chi connectivity index (χ4n) is 3.08. The number of piperidine rings is 1. The van der Waals surface area contributed by atoms with Gasteiger partial charge in [0, 0.05) is 48.4 Å². The van der Waals surface area contributed by atoms with E-state index in [1.54, 1.807) is 7.11 Å². The highest BCUT2D eigenvalue weighted by atomic mass is 16.5. The average molecular weight is 333 g/mol. The first-order chi connectivity index (χ1) is 11.2. The molecule has 0 aliphatic carbocycles. The topological polar surface area (TPSA) is 54.5 Å². The van der Waals surface area contributed by atoms with Gasteiger partial charge in [0.1, 0.15) is 5.75 Å². The third-order valence-corrected chi connectivity index (χ3v) is 4.73. The Morgan fingerprint density at radius 1 is 1.33 bits per heavy atom. The lowest BCUT2D eigenvalue weighted by Crippen LogP contribution is -2.47. The van der Waals surface area contributed by atoms with Gasteiger partial charge >= 0.3 is 0 Å². The second-order valence-corrected chi connectivity index (χ2v) is 7.82. The summed E-state index contributed by atoms with van der Waals surface area (Å²) >= 11 is 0. The van der Waals surface area contributed by atoms with Gasteiger partial charge in [0.15, 0.2) is 0 Å². The van der Waals surface area contributed by atoms with Gasteiger partial charge in [-0.3, -0.25) is 14.7 Å². The molecule has 1 fully saturated rings. The van der Waals surface area contributed by atoms with Crippen LogP contribution in [0.15, 0.2) is 6.20 Å². The van der Waals surface area contributed by atoms with Gasteiger partial charge in [-0.05, 0) is 26.7 Å². The van der Waals surface area contributed by atoms with Gasteiger partial charge in [0.25, 0.3) is 0 Å². The number of hydrogen-bond acceptors (Lipinski definition) is 4. The zero-order valence-electron chi connectivity index (χ0n) is 15.9. The molecule has 0 radical (unpaired) electrons. The van der Waals surface area contributed by atoms with Gasteiger partial charge in [-0.1, -0.05) is 20.8 Å². The highest BCUT2D eigenvalue weighted by Crippen LogP contribution is 2.25. The van der Waals surface area contributed by atoms with Crippen LogP contribution in [0.5, 0.6) is 5.75 Å². The van der Waals surface area contributed by atoms with Crippen LogP contribution in [0.1, 0.15) is 50.4 Å². The molecule has 0 spiro atoms. The number of aryl methyl sites for hydroxylation is 1. The summed E-state index contributed by atoms with van der Waals surface area (Å²) in [6, 6.07) is 0.287. The Balaban J connectivity index is 1.91. The fraction of sp³-hybridized carbons (Fsp3) is 0.684. The summed E-state index contributed by atoms with van der Waals surface area (Å²) in [6.07, 6.45) is 3.87. The van der Waals surface area contributed by atoms with Gasteiger partial charge in [-0.2, -0.15) is 0 Å². The zero-order valence-corrected chi connectivity index (χ0v) is 15.9. The minimum atomic E-state index is -0.323. The van der Waals surface area contributed by atoms with Crippen molar-refractivity contribution in [3.63, 3.8) is 0 Å². The Morgan fingerprint density at radius 2 is 1.96 bits per heavy atom. The SMILES string of the molecule is COc1c(C)cnc(CN2CCC(NC(=O)C(C)(C)C)CC2)c1C. The number of carbonyl (C=O) groups excluding carboxylic acids is 1. The van der Waals surface area contributed by atoms with E-state index in [0.29, 0.717) is 0 Å². The van der Waals surface area contributed by atoms with Crippen molar-refractivity contribution in [3.8, 4) is 5.75 Å². The molecule has 5 nitrogen and oxygen atoms in total. The molecule has 0 saturated carbocycles. The number of amides is 1. The molecule has 1 N–H and O–H groups in total. The molecule has 1 aromatic heterocycles. The monoisotopic (exact) mass is 333 g/mol. The van der Waals surface area contributed by atoms with Crippen molar-refractivity contribution in [1.82, 2.24) is 15.2 Å². The molecule has 1 saturated heterocycles. The van der Waals surface area contributed by atoms with E-state index in [-0.39, 0.29) is 17.4 Å². The van der Waals surface area contributed by atoms with Crippen LogP contribution in [0.4, 0.5) is 0 Å². The average Bonchev–Trinajstić information content (AvgIpc) is 2.51. The Labute approximate surface area is 145 Å². The number of likely N-dealkylation sites (tertiary alicyclic amines) is 1. The second kappa shape index (κ2) is 7.51. The maximum absolute atomic E-state index is 12.1. The van der Waals surface area contributed by atoms with Crippen molar-refractivity contribution in [2.24, 2.45) is 5.41 Å². The van der Waals surface area contributed by atoms with Crippen molar-refractivity contribution in [2.75, 3.05) is 20.2 Å². The molecule has 24 heavy (non-hydrogen) atoms. The number of hydrogen-bond donors (Lipinski definition) is 1. The van der Waals surface area contributed by atoms with Crippen LogP contribution in [0.3, 0.4) is 0 Å². The van der Waals surface area contributed by atoms with Gasteiger partial charge in [-0.15, -0.1) is 0 Å². The summed E-state index contributed by atoms with van der Waals surface area (Å²) in [4.78, 5) is 19.1. The molecule has 5 heteroatoms. The minimum Gasteiger partial charge on any atom is -0.496 e. The third-order valence-electron chi connectivity index (χ3n) is 4.73. The number of nitrogens with zero attached hydrogens (tertiary/aromatic N) is 2. The summed E-state index contributed by atoms with van der Waals surface area (Å²) in [5.74, 6) is 1.08. The molecular weight excluding hydrogens is 302 g/mol. The molecular formula is C19H31N3O2. The maximum Gasteiger partial charge on any atom is 0.225 e. The van der Waals surface area contributed by atoms with E-state index in [0.717, 1.165) is 55.0 Å². The lowest BCUT2D eigenvalue weighted by molar-refractivity contribution is -0.129. The summed E-state index contributed by atoms with van der Waals surface area (Å²) in [6.45, 7) is 12.8. The summed E-state index contributed by atoms with van der Waals surface area (Å²) < 4.78 is 5.49. The number of carbonyl (C=O) groups is 1. The van der Waals surface area contributed by atoms with Crippen LogP contribution in [-0.2, 0) is 11.3 Å². The second-order valence-electron chi connectivity index (χ2n) is 7.82. The first kappa shape index (κ1) is 18.7. The van der Waals surface area contributed by atoms with Crippen LogP contribution < -0.4 is 10.1 Å². The first-order valence-corrected chi connectivity index (χ1v) is 8.74. The highest BCUT2D eigenvalue weighted by Gasteiger charge is 2.26. The number of pyridine rings is 1. The smallest absolute Gasteiger partial charge is 0.225 e. The van der Waals surface area contributed by atoms with Crippen molar-refractivity contribution >= 4 is 5.91 Å². The minimum absolute atomic E-state index is 0.140. The molecule has 1 aliphatic heterocycles. The van der Waals surface area contributed by atoms with E-state index in [2.05, 4.69) is 22.1 Å². The van der Waals surface area contributed by atoms with Crippen LogP contribution in [-0.4, -0.2) is 42.0 Å². The normalized spacial score (nSPS) is 16.9.